The number of hydrogen-bond acceptors (Lipinski definition) is 8. The topological polar surface area (TPSA) is 115 Å². The molecule has 1 aromatic heterocycles. The fourth-order valence-corrected chi connectivity index (χ4v) is 4.20. The summed E-state index contributed by atoms with van der Waals surface area (Å²) >= 11 is 0. The van der Waals surface area contributed by atoms with Crippen molar-refractivity contribution in [2.24, 2.45) is 0 Å². The van der Waals surface area contributed by atoms with Gasteiger partial charge >= 0.3 is 29.6 Å². The monoisotopic (exact) mass is 542 g/mol. The third-order valence-electron chi connectivity index (χ3n) is 6.23. The summed E-state index contributed by atoms with van der Waals surface area (Å²) in [6, 6.07) is 28.1. The second kappa shape index (κ2) is 13.2. The van der Waals surface area contributed by atoms with Gasteiger partial charge in [0.1, 0.15) is 29.1 Å². The van der Waals surface area contributed by atoms with E-state index in [1.54, 1.807) is 60.7 Å². The molecule has 0 radical (unpaired) electrons. The van der Waals surface area contributed by atoms with Crippen molar-refractivity contribution in [2.45, 2.75) is 13.0 Å². The van der Waals surface area contributed by atoms with Crippen molar-refractivity contribution in [3.05, 3.63) is 125 Å². The molecule has 0 saturated heterocycles. The largest absolute Gasteiger partial charge is 1.00 e. The molecule has 40 heavy (non-hydrogen) atoms. The van der Waals surface area contributed by atoms with Gasteiger partial charge in [0.25, 0.3) is 0 Å². The van der Waals surface area contributed by atoms with Crippen LogP contribution in [0, 0.1) is 0 Å². The summed E-state index contributed by atoms with van der Waals surface area (Å²) in [4.78, 5) is 26.2. The average molecular weight is 543 g/mol. The van der Waals surface area contributed by atoms with Gasteiger partial charge in [-0.1, -0.05) is 48.5 Å². The maximum atomic E-state index is 13.7. The Balaban J connectivity index is 0.00000370. The zero-order chi connectivity index (χ0) is 27.2. The molecule has 0 bridgehead atoms. The minimum absolute atomic E-state index is 0. The van der Waals surface area contributed by atoms with Gasteiger partial charge in [0.2, 0.25) is 0 Å². The first-order valence-electron chi connectivity index (χ1n) is 12.1. The van der Waals surface area contributed by atoms with Gasteiger partial charge in [-0.15, -0.1) is 0 Å². The second-order valence-electron chi connectivity index (χ2n) is 8.76. The third kappa shape index (κ3) is 6.66. The summed E-state index contributed by atoms with van der Waals surface area (Å²) in [5.41, 5.74) is 3.00. The number of aliphatic carboxylic acids is 1. The number of benzene rings is 4. The zero-order valence-electron chi connectivity index (χ0n) is 22.0. The van der Waals surface area contributed by atoms with Crippen LogP contribution in [0.4, 0.5) is 0 Å². The fourth-order valence-electron chi connectivity index (χ4n) is 4.20. The van der Waals surface area contributed by atoms with Crippen LogP contribution < -0.4 is 44.1 Å². The van der Waals surface area contributed by atoms with Gasteiger partial charge in [0.15, 0.2) is 5.78 Å². The van der Waals surface area contributed by atoms with Crippen LogP contribution in [0.2, 0.25) is 0 Å². The molecule has 0 amide bonds. The van der Waals surface area contributed by atoms with E-state index in [1.165, 1.54) is 13.2 Å². The number of ether oxygens (including phenoxy) is 2. The molecule has 0 spiro atoms. The molecule has 0 unspecified atom stereocenters. The van der Waals surface area contributed by atoms with Gasteiger partial charge in [-0.05, 0) is 75.5 Å². The van der Waals surface area contributed by atoms with E-state index in [-0.39, 0.29) is 52.7 Å². The normalized spacial score (nSPS) is 11.3. The number of carboxylic acid groups (broad SMARTS) is 1. The molecule has 4 aromatic carbocycles. The van der Waals surface area contributed by atoms with Crippen LogP contribution in [0.1, 0.15) is 27.0 Å². The molecule has 194 valence electrons. The number of rotatable bonds is 10. The number of Topliss-reactive ketones (excluding diaryl/α,β-unsaturated/α-hetero) is 1. The smallest absolute Gasteiger partial charge is 0.545 e. The minimum Gasteiger partial charge on any atom is -0.545 e. The van der Waals surface area contributed by atoms with Crippen LogP contribution in [0.25, 0.3) is 16.6 Å². The number of carbonyl (C=O) groups excluding carboxylic acids is 2. The predicted octanol–water partition coefficient (Wildman–Crippen LogP) is 1.44. The van der Waals surface area contributed by atoms with E-state index in [0.29, 0.717) is 34.7 Å². The Labute approximate surface area is 252 Å². The molecule has 0 aliphatic carbocycles. The molecule has 0 aliphatic rings. The van der Waals surface area contributed by atoms with Crippen molar-refractivity contribution < 1.29 is 58.4 Å². The number of nitrogens with zero attached hydrogens (tertiary/aromatic N) is 2. The molecule has 1 heterocycles. The van der Waals surface area contributed by atoms with E-state index < -0.39 is 11.8 Å². The number of carboxylic acids is 1. The van der Waals surface area contributed by atoms with Gasteiger partial charge in [0, 0.05) is 23.1 Å². The van der Waals surface area contributed by atoms with E-state index in [4.69, 9.17) is 14.1 Å². The van der Waals surface area contributed by atoms with Crippen molar-refractivity contribution in [3.63, 3.8) is 0 Å². The molecular formula is C31H23N2NaO6. The molecule has 0 saturated carbocycles. The van der Waals surface area contributed by atoms with Crippen molar-refractivity contribution >= 4 is 28.4 Å². The van der Waals surface area contributed by atoms with Gasteiger partial charge in [-0.3, -0.25) is 4.79 Å². The molecule has 0 aliphatic heterocycles. The first-order chi connectivity index (χ1) is 19.0. The Morgan fingerprint density at radius 3 is 2.10 bits per heavy atom. The Morgan fingerprint density at radius 2 is 1.43 bits per heavy atom. The number of carbonyl (C=O) groups is 2. The number of ketones is 1. The summed E-state index contributed by atoms with van der Waals surface area (Å²) < 4.78 is 15.8. The maximum absolute atomic E-state index is 13.7. The molecule has 5 rings (SSSR count). The summed E-state index contributed by atoms with van der Waals surface area (Å²) in [5, 5.41) is 20.1. The quantitative estimate of drug-likeness (QED) is 0.148. The summed E-state index contributed by atoms with van der Waals surface area (Å²) in [5.74, 6) is -0.698. The Morgan fingerprint density at radius 1 is 0.775 bits per heavy atom. The third-order valence-corrected chi connectivity index (χ3v) is 6.23. The van der Waals surface area contributed by atoms with E-state index in [0.717, 1.165) is 11.1 Å². The van der Waals surface area contributed by atoms with Crippen LogP contribution in [0.5, 0.6) is 11.5 Å². The van der Waals surface area contributed by atoms with E-state index in [9.17, 15) is 14.7 Å². The molecule has 9 heteroatoms. The van der Waals surface area contributed by atoms with Crippen LogP contribution in [-0.4, -0.2) is 29.2 Å². The summed E-state index contributed by atoms with van der Waals surface area (Å²) in [6.45, 7) is 0.412. The standard InChI is InChI=1S/C31H24N2O6.Na/c1-37-24-14-9-22(10-15-24)30(34)26(29(31(35)36)23-11-16-27-28(18-23)33-39-32-27)17-20-7-12-25(13-8-20)38-19-21-5-3-2-4-6-21;/h2-16,18H,17,19H2,1H3,(H,35,36);/q;+1/p-1. The number of allylic oxidation sites excluding steroid dienone is 1. The van der Waals surface area contributed by atoms with E-state index >= 15 is 0 Å². The second-order valence-corrected chi connectivity index (χ2v) is 8.76. The van der Waals surface area contributed by atoms with Crippen LogP contribution in [0.15, 0.2) is 107 Å². The minimum atomic E-state index is -1.48. The molecule has 0 fully saturated rings. The summed E-state index contributed by atoms with van der Waals surface area (Å²) in [6.07, 6.45) is 0.0439. The first-order valence-corrected chi connectivity index (χ1v) is 12.1. The number of hydrogen-bond donors (Lipinski definition) is 0. The van der Waals surface area contributed by atoms with E-state index in [1.807, 2.05) is 30.3 Å². The molecule has 8 nitrogen and oxygen atoms in total. The zero-order valence-corrected chi connectivity index (χ0v) is 24.0. The average Bonchev–Trinajstić information content (AvgIpc) is 3.45. The van der Waals surface area contributed by atoms with Gasteiger partial charge in [-0.2, -0.15) is 0 Å². The predicted molar refractivity (Wildman–Crippen MR) is 142 cm³/mol. The molecule has 0 N–H and O–H groups in total. The Kier molecular flexibility index (Phi) is 9.50. The van der Waals surface area contributed by atoms with Crippen molar-refractivity contribution in [3.8, 4) is 11.5 Å². The SMILES string of the molecule is COc1ccc(C(=O)C(Cc2ccc(OCc3ccccc3)cc2)=C(C(=O)[O-])c2ccc3nonc3c2)cc1.[Na+]. The molecule has 0 atom stereocenters. The first kappa shape index (κ1) is 28.8. The van der Waals surface area contributed by atoms with Gasteiger partial charge in [-0.25, -0.2) is 4.63 Å². The van der Waals surface area contributed by atoms with Crippen LogP contribution in [-0.2, 0) is 17.8 Å². The maximum Gasteiger partial charge on any atom is 1.00 e. The Bertz CT molecular complexity index is 1650. The number of aromatic nitrogens is 2. The Hall–Kier alpha value is -4.24. The number of fused-ring (bicyclic) bond motifs is 1. The van der Waals surface area contributed by atoms with Gasteiger partial charge in [0.05, 0.1) is 13.1 Å². The van der Waals surface area contributed by atoms with E-state index in [2.05, 4.69) is 10.3 Å². The van der Waals surface area contributed by atoms with Crippen LogP contribution in [0.3, 0.4) is 0 Å². The van der Waals surface area contributed by atoms with Crippen molar-refractivity contribution in [1.82, 2.24) is 10.3 Å². The summed E-state index contributed by atoms with van der Waals surface area (Å²) in [7, 11) is 1.53. The van der Waals surface area contributed by atoms with Crippen molar-refractivity contribution in [2.75, 3.05) is 7.11 Å². The van der Waals surface area contributed by atoms with Crippen LogP contribution >= 0.6 is 0 Å². The molecule has 5 aromatic rings. The fraction of sp³-hybridized carbons (Fsp3) is 0.0968. The number of methoxy groups -OCH3 is 1. The van der Waals surface area contributed by atoms with Crippen molar-refractivity contribution in [1.29, 1.82) is 0 Å². The molecular weight excluding hydrogens is 519 g/mol. The van der Waals surface area contributed by atoms with Gasteiger partial charge < -0.3 is 19.4 Å².